The van der Waals surface area contributed by atoms with E-state index in [1.54, 1.807) is 19.1 Å². The van der Waals surface area contributed by atoms with Crippen LogP contribution in [0.5, 0.6) is 0 Å². The second-order valence-corrected chi connectivity index (χ2v) is 3.99. The number of anilines is 1. The van der Waals surface area contributed by atoms with E-state index >= 15 is 0 Å². The zero-order chi connectivity index (χ0) is 12.3. The minimum atomic E-state index is -0.289. The number of halogens is 1. The summed E-state index contributed by atoms with van der Waals surface area (Å²) in [6.45, 7) is 2.39. The lowest BCUT2D eigenvalue weighted by molar-refractivity contribution is -0.115. The minimum Gasteiger partial charge on any atom is -0.351 e. The molecule has 17 heavy (non-hydrogen) atoms. The van der Waals surface area contributed by atoms with Gasteiger partial charge in [-0.25, -0.2) is 4.39 Å². The van der Waals surface area contributed by atoms with Gasteiger partial charge in [0.05, 0.1) is 5.69 Å². The lowest BCUT2D eigenvalue weighted by atomic mass is 10.1. The van der Waals surface area contributed by atoms with Crippen molar-refractivity contribution in [2.45, 2.75) is 19.8 Å². The molecular formula is C12H14FN3O. The first kappa shape index (κ1) is 11.6. The normalized spacial score (nSPS) is 18.0. The van der Waals surface area contributed by atoms with Crippen LogP contribution in [-0.4, -0.2) is 18.2 Å². The van der Waals surface area contributed by atoms with Crippen molar-refractivity contribution in [3.8, 4) is 0 Å². The zero-order valence-corrected chi connectivity index (χ0v) is 9.59. The van der Waals surface area contributed by atoms with Crippen molar-refractivity contribution < 1.29 is 9.18 Å². The Kier molecular flexibility index (Phi) is 3.37. The Morgan fingerprint density at radius 2 is 2.29 bits per heavy atom. The Bertz CT molecular complexity index is 471. The number of rotatable bonds is 2. The third-order valence-corrected chi connectivity index (χ3v) is 2.63. The maximum absolute atomic E-state index is 13.3. The van der Waals surface area contributed by atoms with Gasteiger partial charge in [-0.3, -0.25) is 10.2 Å². The molecule has 0 radical (unpaired) electrons. The topological polar surface area (TPSA) is 53.5 Å². The number of hydrogen-bond donors (Lipinski definition) is 2. The van der Waals surface area contributed by atoms with Gasteiger partial charge >= 0.3 is 0 Å². The fourth-order valence-electron chi connectivity index (χ4n) is 1.57. The first-order valence-electron chi connectivity index (χ1n) is 5.54. The SMILES string of the molecule is Cc1ccc(N/N=C2\CCCNC2=O)cc1F. The standard InChI is InChI=1S/C12H14FN3O/c1-8-4-5-9(7-10(8)13)15-16-11-3-2-6-14-12(11)17/h4-5,7,15H,2-3,6H2,1H3,(H,14,17)/b16-11+. The average Bonchev–Trinajstić information content (AvgIpc) is 2.32. The number of carbonyl (C=O) groups excluding carboxylic acids is 1. The molecule has 1 aromatic rings. The number of nitrogens with one attached hydrogen (secondary N) is 2. The van der Waals surface area contributed by atoms with Crippen LogP contribution < -0.4 is 10.7 Å². The highest BCUT2D eigenvalue weighted by Crippen LogP contribution is 2.13. The highest BCUT2D eigenvalue weighted by molar-refractivity contribution is 6.39. The monoisotopic (exact) mass is 235 g/mol. The van der Waals surface area contributed by atoms with Gasteiger partial charge in [0.1, 0.15) is 11.5 Å². The maximum Gasteiger partial charge on any atom is 0.267 e. The van der Waals surface area contributed by atoms with E-state index < -0.39 is 0 Å². The maximum atomic E-state index is 13.3. The first-order chi connectivity index (χ1) is 8.16. The Labute approximate surface area is 98.9 Å². The lowest BCUT2D eigenvalue weighted by Crippen LogP contribution is -2.37. The summed E-state index contributed by atoms with van der Waals surface area (Å²) in [7, 11) is 0. The molecule has 0 spiro atoms. The second kappa shape index (κ2) is 4.95. The van der Waals surface area contributed by atoms with Crippen molar-refractivity contribution in [3.63, 3.8) is 0 Å². The van der Waals surface area contributed by atoms with Gasteiger partial charge in [-0.2, -0.15) is 5.10 Å². The zero-order valence-electron chi connectivity index (χ0n) is 9.59. The van der Waals surface area contributed by atoms with Gasteiger partial charge in [-0.1, -0.05) is 6.07 Å². The molecule has 0 atom stereocenters. The van der Waals surface area contributed by atoms with E-state index in [4.69, 9.17) is 0 Å². The molecule has 1 aliphatic heterocycles. The predicted molar refractivity (Wildman–Crippen MR) is 64.4 cm³/mol. The largest absolute Gasteiger partial charge is 0.351 e. The van der Waals surface area contributed by atoms with Gasteiger partial charge in [0.15, 0.2) is 0 Å². The summed E-state index contributed by atoms with van der Waals surface area (Å²) in [5.41, 5.74) is 4.28. The Balaban J connectivity index is 2.08. The van der Waals surface area contributed by atoms with Crippen molar-refractivity contribution in [2.24, 2.45) is 5.10 Å². The van der Waals surface area contributed by atoms with Gasteiger partial charge in [0.2, 0.25) is 0 Å². The molecule has 2 rings (SSSR count). The lowest BCUT2D eigenvalue weighted by Gasteiger charge is -2.13. The summed E-state index contributed by atoms with van der Waals surface area (Å²) in [4.78, 5) is 11.4. The van der Waals surface area contributed by atoms with Crippen LogP contribution in [0.4, 0.5) is 10.1 Å². The average molecular weight is 235 g/mol. The van der Waals surface area contributed by atoms with Crippen LogP contribution in [0.25, 0.3) is 0 Å². The molecule has 5 heteroatoms. The number of carbonyl (C=O) groups is 1. The molecule has 0 saturated carbocycles. The third kappa shape index (κ3) is 2.81. The van der Waals surface area contributed by atoms with Crippen LogP contribution in [0.1, 0.15) is 18.4 Å². The van der Waals surface area contributed by atoms with Crippen LogP contribution in [0.15, 0.2) is 23.3 Å². The van der Waals surface area contributed by atoms with Crippen molar-refractivity contribution in [3.05, 3.63) is 29.6 Å². The number of nitrogens with zero attached hydrogens (tertiary/aromatic N) is 1. The molecule has 1 amide bonds. The van der Waals surface area contributed by atoms with Crippen molar-refractivity contribution >= 4 is 17.3 Å². The molecule has 4 nitrogen and oxygen atoms in total. The number of aryl methyl sites for hydroxylation is 1. The molecule has 1 saturated heterocycles. The van der Waals surface area contributed by atoms with Gasteiger partial charge in [-0.05, 0) is 37.5 Å². The Hall–Kier alpha value is -1.91. The molecule has 1 heterocycles. The molecule has 1 aromatic carbocycles. The third-order valence-electron chi connectivity index (χ3n) is 2.63. The summed E-state index contributed by atoms with van der Waals surface area (Å²) >= 11 is 0. The first-order valence-corrected chi connectivity index (χ1v) is 5.54. The quantitative estimate of drug-likeness (QED) is 0.768. The number of amides is 1. The van der Waals surface area contributed by atoms with E-state index in [1.807, 2.05) is 0 Å². The second-order valence-electron chi connectivity index (χ2n) is 3.99. The fraction of sp³-hybridized carbons (Fsp3) is 0.333. The molecule has 0 aromatic heterocycles. The van der Waals surface area contributed by atoms with Crippen LogP contribution >= 0.6 is 0 Å². The smallest absolute Gasteiger partial charge is 0.267 e. The van der Waals surface area contributed by atoms with E-state index in [0.717, 1.165) is 6.42 Å². The molecule has 0 unspecified atom stereocenters. The molecule has 0 bridgehead atoms. The Morgan fingerprint density at radius 1 is 1.47 bits per heavy atom. The van der Waals surface area contributed by atoms with E-state index in [-0.39, 0.29) is 11.7 Å². The van der Waals surface area contributed by atoms with E-state index in [9.17, 15) is 9.18 Å². The van der Waals surface area contributed by atoms with Gasteiger partial charge in [0, 0.05) is 6.54 Å². The van der Waals surface area contributed by atoms with Gasteiger partial charge in [-0.15, -0.1) is 0 Å². The van der Waals surface area contributed by atoms with E-state index in [1.165, 1.54) is 6.07 Å². The van der Waals surface area contributed by atoms with Gasteiger partial charge < -0.3 is 5.32 Å². The van der Waals surface area contributed by atoms with E-state index in [0.29, 0.717) is 29.9 Å². The summed E-state index contributed by atoms with van der Waals surface area (Å²) in [5.74, 6) is -0.445. The van der Waals surface area contributed by atoms with Crippen LogP contribution in [0.2, 0.25) is 0 Å². The van der Waals surface area contributed by atoms with Crippen LogP contribution in [-0.2, 0) is 4.79 Å². The number of benzene rings is 1. The summed E-state index contributed by atoms with van der Waals surface area (Å²) in [5, 5.41) is 6.70. The summed E-state index contributed by atoms with van der Waals surface area (Å²) in [6.07, 6.45) is 1.53. The van der Waals surface area contributed by atoms with Crippen molar-refractivity contribution in [2.75, 3.05) is 12.0 Å². The minimum absolute atomic E-state index is 0.156. The molecule has 1 fully saturated rings. The molecule has 90 valence electrons. The highest BCUT2D eigenvalue weighted by Gasteiger charge is 2.15. The Morgan fingerprint density at radius 3 is 3.00 bits per heavy atom. The fourth-order valence-corrected chi connectivity index (χ4v) is 1.57. The molecule has 1 aliphatic rings. The number of hydrazone groups is 1. The predicted octanol–water partition coefficient (Wildman–Crippen LogP) is 1.81. The molecule has 2 N–H and O–H groups in total. The molecule has 0 aliphatic carbocycles. The number of hydrogen-bond acceptors (Lipinski definition) is 3. The molecular weight excluding hydrogens is 221 g/mol. The summed E-state index contributed by atoms with van der Waals surface area (Å²) in [6, 6.07) is 4.75. The number of piperidine rings is 1. The van der Waals surface area contributed by atoms with Gasteiger partial charge in [0.25, 0.3) is 5.91 Å². The van der Waals surface area contributed by atoms with E-state index in [2.05, 4.69) is 15.8 Å². The van der Waals surface area contributed by atoms with Crippen molar-refractivity contribution in [1.29, 1.82) is 0 Å². The van der Waals surface area contributed by atoms with Crippen LogP contribution in [0.3, 0.4) is 0 Å². The van der Waals surface area contributed by atoms with Crippen molar-refractivity contribution in [1.82, 2.24) is 5.32 Å². The van der Waals surface area contributed by atoms with Crippen LogP contribution in [0, 0.1) is 12.7 Å². The highest BCUT2D eigenvalue weighted by atomic mass is 19.1. The summed E-state index contributed by atoms with van der Waals surface area (Å²) < 4.78 is 13.3.